The van der Waals surface area contributed by atoms with Crippen LogP contribution < -0.4 is 0 Å². The van der Waals surface area contributed by atoms with Gasteiger partial charge in [0.2, 0.25) is 5.16 Å². The van der Waals surface area contributed by atoms with E-state index in [-0.39, 0.29) is 0 Å². The normalized spacial score (nSPS) is 11.3. The van der Waals surface area contributed by atoms with Crippen molar-refractivity contribution in [2.75, 3.05) is 5.75 Å². The van der Waals surface area contributed by atoms with Crippen LogP contribution in [0.4, 0.5) is 0 Å². The highest BCUT2D eigenvalue weighted by atomic mass is 32.2. The monoisotopic (exact) mass is 278 g/mol. The number of aromatic nitrogens is 4. The lowest BCUT2D eigenvalue weighted by atomic mass is 10.2. The zero-order valence-electron chi connectivity index (χ0n) is 12.0. The first-order valence-corrected chi connectivity index (χ1v) is 8.03. The predicted molar refractivity (Wildman–Crippen MR) is 79.7 cm³/mol. The second-order valence-corrected chi connectivity index (χ2v) is 5.97. The molecule has 0 amide bonds. The summed E-state index contributed by atoms with van der Waals surface area (Å²) in [4.78, 5) is 8.87. The van der Waals surface area contributed by atoms with Crippen LogP contribution in [0.25, 0.3) is 5.78 Å². The first kappa shape index (κ1) is 14.3. The summed E-state index contributed by atoms with van der Waals surface area (Å²) < 4.78 is 1.83. The quantitative estimate of drug-likeness (QED) is 0.570. The van der Waals surface area contributed by atoms with Crippen LogP contribution in [0.15, 0.2) is 11.2 Å². The molecule has 0 spiro atoms. The predicted octanol–water partition coefficient (Wildman–Crippen LogP) is 3.80. The molecule has 0 aliphatic heterocycles. The lowest BCUT2D eigenvalue weighted by molar-refractivity contribution is 0.659. The third kappa shape index (κ3) is 3.93. The van der Waals surface area contributed by atoms with Crippen molar-refractivity contribution in [1.82, 2.24) is 19.6 Å². The molecule has 0 N–H and O–H groups in total. The van der Waals surface area contributed by atoms with Gasteiger partial charge in [0, 0.05) is 17.1 Å². The molecular weight excluding hydrogens is 256 g/mol. The SMILES string of the molecule is CCCCCCCSc1nc2nc(C)cc(C)n2n1. The second-order valence-electron chi connectivity index (χ2n) is 4.91. The minimum absolute atomic E-state index is 0.714. The average molecular weight is 278 g/mol. The lowest BCUT2D eigenvalue weighted by Crippen LogP contribution is -1.97. The van der Waals surface area contributed by atoms with Gasteiger partial charge in [-0.2, -0.15) is 4.98 Å². The van der Waals surface area contributed by atoms with Gasteiger partial charge in [-0.3, -0.25) is 0 Å². The Morgan fingerprint density at radius 3 is 2.68 bits per heavy atom. The second kappa shape index (κ2) is 6.89. The summed E-state index contributed by atoms with van der Waals surface area (Å²) in [5.74, 6) is 1.81. The Morgan fingerprint density at radius 2 is 1.89 bits per heavy atom. The summed E-state index contributed by atoms with van der Waals surface area (Å²) in [7, 11) is 0. The smallest absolute Gasteiger partial charge is 0.216 e. The van der Waals surface area contributed by atoms with E-state index in [0.29, 0.717) is 5.78 Å². The molecule has 0 fully saturated rings. The molecule has 19 heavy (non-hydrogen) atoms. The first-order chi connectivity index (χ1) is 9.20. The Hall–Kier alpha value is -1.10. The number of hydrogen-bond donors (Lipinski definition) is 0. The molecule has 4 nitrogen and oxygen atoms in total. The van der Waals surface area contributed by atoms with Crippen molar-refractivity contribution < 1.29 is 0 Å². The largest absolute Gasteiger partial charge is 0.253 e. The van der Waals surface area contributed by atoms with E-state index in [4.69, 9.17) is 0 Å². The molecule has 2 heterocycles. The summed E-state index contributed by atoms with van der Waals surface area (Å²) in [5, 5.41) is 5.34. The Morgan fingerprint density at radius 1 is 1.11 bits per heavy atom. The van der Waals surface area contributed by atoms with Crippen molar-refractivity contribution in [3.63, 3.8) is 0 Å². The Bertz CT molecular complexity index is 535. The fourth-order valence-corrected chi connectivity index (χ4v) is 2.89. The Labute approximate surface area is 119 Å². The molecule has 0 radical (unpaired) electrons. The van der Waals surface area contributed by atoms with Crippen LogP contribution in [0.2, 0.25) is 0 Å². The molecule has 0 aliphatic rings. The van der Waals surface area contributed by atoms with Crippen molar-refractivity contribution in [1.29, 1.82) is 0 Å². The van der Waals surface area contributed by atoms with Gasteiger partial charge in [0.25, 0.3) is 5.78 Å². The topological polar surface area (TPSA) is 43.1 Å². The fraction of sp³-hybridized carbons (Fsp3) is 0.643. The molecule has 104 valence electrons. The van der Waals surface area contributed by atoms with E-state index in [1.165, 1.54) is 32.1 Å². The van der Waals surface area contributed by atoms with Gasteiger partial charge in [-0.05, 0) is 26.3 Å². The number of nitrogens with zero attached hydrogens (tertiary/aromatic N) is 4. The van der Waals surface area contributed by atoms with Gasteiger partial charge in [0.05, 0.1) is 0 Å². The molecule has 0 aromatic carbocycles. The van der Waals surface area contributed by atoms with Crippen molar-refractivity contribution in [3.05, 3.63) is 17.5 Å². The van der Waals surface area contributed by atoms with Gasteiger partial charge >= 0.3 is 0 Å². The maximum Gasteiger partial charge on any atom is 0.253 e. The molecule has 0 saturated carbocycles. The molecule has 0 unspecified atom stereocenters. The van der Waals surface area contributed by atoms with E-state index in [0.717, 1.165) is 22.3 Å². The maximum absolute atomic E-state index is 4.49. The van der Waals surface area contributed by atoms with Crippen LogP contribution in [0.5, 0.6) is 0 Å². The van der Waals surface area contributed by atoms with Gasteiger partial charge < -0.3 is 0 Å². The third-order valence-corrected chi connectivity index (χ3v) is 4.00. The average Bonchev–Trinajstić information content (AvgIpc) is 2.76. The first-order valence-electron chi connectivity index (χ1n) is 7.04. The van der Waals surface area contributed by atoms with Crippen LogP contribution in [-0.4, -0.2) is 25.3 Å². The standard InChI is InChI=1S/C14H22N4S/c1-4-5-6-7-8-9-19-14-16-13-15-11(2)10-12(3)18(13)17-14/h10H,4-9H2,1-3H3. The zero-order valence-corrected chi connectivity index (χ0v) is 12.8. The van der Waals surface area contributed by atoms with Gasteiger partial charge in [-0.15, -0.1) is 5.10 Å². The molecule has 5 heteroatoms. The van der Waals surface area contributed by atoms with E-state index >= 15 is 0 Å². The summed E-state index contributed by atoms with van der Waals surface area (Å²) in [6.07, 6.45) is 6.54. The van der Waals surface area contributed by atoms with Gasteiger partial charge in [0.15, 0.2) is 0 Å². The third-order valence-electron chi connectivity index (χ3n) is 3.08. The molecule has 0 aliphatic carbocycles. The van der Waals surface area contributed by atoms with Crippen LogP contribution >= 0.6 is 11.8 Å². The zero-order chi connectivity index (χ0) is 13.7. The lowest BCUT2D eigenvalue weighted by Gasteiger charge is -1.98. The van der Waals surface area contributed by atoms with Crippen molar-refractivity contribution in [2.24, 2.45) is 0 Å². The molecule has 2 aromatic rings. The van der Waals surface area contributed by atoms with Crippen molar-refractivity contribution in [2.45, 2.75) is 58.0 Å². The van der Waals surface area contributed by atoms with Crippen LogP contribution in [0.3, 0.4) is 0 Å². The maximum atomic E-state index is 4.49. The number of hydrogen-bond acceptors (Lipinski definition) is 4. The van der Waals surface area contributed by atoms with Crippen LogP contribution in [-0.2, 0) is 0 Å². The fourth-order valence-electron chi connectivity index (χ4n) is 2.08. The number of aryl methyl sites for hydroxylation is 2. The Balaban J connectivity index is 1.89. The van der Waals surface area contributed by atoms with E-state index in [1.807, 2.05) is 24.4 Å². The van der Waals surface area contributed by atoms with Crippen molar-refractivity contribution in [3.8, 4) is 0 Å². The van der Waals surface area contributed by atoms with E-state index in [2.05, 4.69) is 22.0 Å². The highest BCUT2D eigenvalue weighted by Crippen LogP contribution is 2.17. The van der Waals surface area contributed by atoms with Crippen LogP contribution in [0.1, 0.15) is 50.4 Å². The Kier molecular flexibility index (Phi) is 5.19. The van der Waals surface area contributed by atoms with Crippen LogP contribution in [0, 0.1) is 13.8 Å². The molecule has 0 bridgehead atoms. The summed E-state index contributed by atoms with van der Waals surface area (Å²) in [6.45, 7) is 6.27. The van der Waals surface area contributed by atoms with E-state index in [9.17, 15) is 0 Å². The number of fused-ring (bicyclic) bond motifs is 1. The number of rotatable bonds is 7. The molecule has 2 aromatic heterocycles. The van der Waals surface area contributed by atoms with Crippen molar-refractivity contribution >= 4 is 17.5 Å². The molecular formula is C14H22N4S. The molecule has 2 rings (SSSR count). The highest BCUT2D eigenvalue weighted by Gasteiger charge is 2.07. The summed E-state index contributed by atoms with van der Waals surface area (Å²) >= 11 is 1.74. The minimum Gasteiger partial charge on any atom is -0.216 e. The number of thioether (sulfide) groups is 1. The van der Waals surface area contributed by atoms with E-state index in [1.54, 1.807) is 11.8 Å². The van der Waals surface area contributed by atoms with Gasteiger partial charge in [-0.25, -0.2) is 9.50 Å². The number of unbranched alkanes of at least 4 members (excludes halogenated alkanes) is 4. The summed E-state index contributed by atoms with van der Waals surface area (Å²) in [5.41, 5.74) is 2.08. The minimum atomic E-state index is 0.714. The molecule has 0 atom stereocenters. The van der Waals surface area contributed by atoms with Gasteiger partial charge in [0.1, 0.15) is 0 Å². The molecule has 0 saturated heterocycles. The van der Waals surface area contributed by atoms with Gasteiger partial charge in [-0.1, -0.05) is 44.4 Å². The summed E-state index contributed by atoms with van der Waals surface area (Å²) in [6, 6.07) is 2.03. The highest BCUT2D eigenvalue weighted by molar-refractivity contribution is 7.99. The van der Waals surface area contributed by atoms with E-state index < -0.39 is 0 Å².